The Morgan fingerprint density at radius 3 is 2.06 bits per heavy atom. The Kier molecular flexibility index (Phi) is 3.65. The van der Waals surface area contributed by atoms with E-state index in [1.807, 2.05) is 32.6 Å². The van der Waals surface area contributed by atoms with Crippen LogP contribution in [0.5, 0.6) is 0 Å². The zero-order valence-corrected chi connectivity index (χ0v) is 10.9. The highest BCUT2D eigenvalue weighted by Crippen LogP contribution is 2.40. The van der Waals surface area contributed by atoms with E-state index in [-0.39, 0.29) is 17.0 Å². The summed E-state index contributed by atoms with van der Waals surface area (Å²) < 4.78 is 0. The van der Waals surface area contributed by atoms with E-state index in [9.17, 15) is 9.59 Å². The molecule has 1 saturated heterocycles. The average Bonchev–Trinajstić information content (AvgIpc) is 2.11. The zero-order chi connectivity index (χ0) is 13.3. The molecule has 0 atom stereocenters. The van der Waals surface area contributed by atoms with Crippen LogP contribution in [0.25, 0.3) is 0 Å². The van der Waals surface area contributed by atoms with Crippen molar-refractivity contribution in [3.63, 3.8) is 0 Å². The van der Waals surface area contributed by atoms with Gasteiger partial charge in [0.1, 0.15) is 0 Å². The molecule has 0 aromatic rings. The number of amides is 1. The van der Waals surface area contributed by atoms with Crippen molar-refractivity contribution in [3.05, 3.63) is 12.2 Å². The number of aliphatic carboxylic acids is 1. The van der Waals surface area contributed by atoms with Gasteiger partial charge in [-0.05, 0) is 46.5 Å². The topological polar surface area (TPSA) is 57.6 Å². The van der Waals surface area contributed by atoms with Crippen LogP contribution in [0.2, 0.25) is 0 Å². The van der Waals surface area contributed by atoms with Crippen molar-refractivity contribution >= 4 is 12.4 Å². The number of carbonyl (C=O) groups is 2. The van der Waals surface area contributed by atoms with Gasteiger partial charge in [-0.15, -0.1) is 0 Å². The summed E-state index contributed by atoms with van der Waals surface area (Å²) in [7, 11) is 0. The third kappa shape index (κ3) is 3.08. The fraction of sp³-hybridized carbons (Fsp3) is 0.692. The molecule has 0 saturated carbocycles. The SMILES string of the molecule is CC1(C)CC(C=CC(=O)O)CC(C)(C)N1C=O. The zero-order valence-electron chi connectivity index (χ0n) is 10.9. The minimum absolute atomic E-state index is 0.201. The molecular weight excluding hydrogens is 218 g/mol. The molecule has 1 rings (SSSR count). The highest BCUT2D eigenvalue weighted by molar-refractivity contribution is 5.79. The van der Waals surface area contributed by atoms with Crippen molar-refractivity contribution in [1.82, 2.24) is 4.90 Å². The third-order valence-electron chi connectivity index (χ3n) is 3.44. The lowest BCUT2D eigenvalue weighted by Crippen LogP contribution is -2.59. The molecule has 4 heteroatoms. The number of carboxylic acid groups (broad SMARTS) is 1. The van der Waals surface area contributed by atoms with Crippen LogP contribution in [0.4, 0.5) is 0 Å². The largest absolute Gasteiger partial charge is 0.478 e. The molecular formula is C13H21NO3. The van der Waals surface area contributed by atoms with Gasteiger partial charge in [0.25, 0.3) is 0 Å². The van der Waals surface area contributed by atoms with Crippen molar-refractivity contribution in [2.75, 3.05) is 0 Å². The van der Waals surface area contributed by atoms with E-state index in [2.05, 4.69) is 0 Å². The van der Waals surface area contributed by atoms with Crippen LogP contribution >= 0.6 is 0 Å². The molecule has 1 N–H and O–H groups in total. The molecule has 1 aliphatic heterocycles. The number of carbonyl (C=O) groups excluding carboxylic acids is 1. The van der Waals surface area contributed by atoms with E-state index in [4.69, 9.17) is 5.11 Å². The monoisotopic (exact) mass is 239 g/mol. The molecule has 0 aromatic carbocycles. The van der Waals surface area contributed by atoms with E-state index in [1.165, 1.54) is 6.08 Å². The predicted octanol–water partition coefficient (Wildman–Crippen LogP) is 2.05. The van der Waals surface area contributed by atoms with Crippen LogP contribution in [0.3, 0.4) is 0 Å². The Bertz CT molecular complexity index is 327. The van der Waals surface area contributed by atoms with Crippen LogP contribution in [0.1, 0.15) is 40.5 Å². The van der Waals surface area contributed by atoms with E-state index in [0.29, 0.717) is 0 Å². The van der Waals surface area contributed by atoms with Gasteiger partial charge in [-0.2, -0.15) is 0 Å². The second kappa shape index (κ2) is 4.51. The second-order valence-electron chi connectivity index (χ2n) is 5.97. The minimum Gasteiger partial charge on any atom is -0.478 e. The summed E-state index contributed by atoms with van der Waals surface area (Å²) in [5.74, 6) is -0.717. The highest BCUT2D eigenvalue weighted by atomic mass is 16.4. The third-order valence-corrected chi connectivity index (χ3v) is 3.44. The lowest BCUT2D eigenvalue weighted by atomic mass is 9.74. The van der Waals surface area contributed by atoms with Gasteiger partial charge < -0.3 is 10.0 Å². The molecule has 0 aliphatic carbocycles. The second-order valence-corrected chi connectivity index (χ2v) is 5.97. The molecule has 0 unspecified atom stereocenters. The molecule has 1 amide bonds. The van der Waals surface area contributed by atoms with Crippen LogP contribution < -0.4 is 0 Å². The Hall–Kier alpha value is -1.32. The minimum atomic E-state index is -0.918. The number of rotatable bonds is 3. The summed E-state index contributed by atoms with van der Waals surface area (Å²) in [6, 6.07) is 0. The number of hydrogen-bond donors (Lipinski definition) is 1. The molecule has 1 aliphatic rings. The Morgan fingerprint density at radius 1 is 1.24 bits per heavy atom. The standard InChI is InChI=1S/C13H21NO3/c1-12(2)7-10(5-6-11(16)17)8-13(3,4)14(12)9-15/h5-6,9-10H,7-8H2,1-4H3,(H,16,17). The summed E-state index contributed by atoms with van der Waals surface area (Å²) >= 11 is 0. The molecule has 0 spiro atoms. The van der Waals surface area contributed by atoms with Crippen LogP contribution in [0, 0.1) is 5.92 Å². The summed E-state index contributed by atoms with van der Waals surface area (Å²) in [5.41, 5.74) is -0.478. The van der Waals surface area contributed by atoms with E-state index in [0.717, 1.165) is 19.3 Å². The molecule has 4 nitrogen and oxygen atoms in total. The smallest absolute Gasteiger partial charge is 0.327 e. The molecule has 0 bridgehead atoms. The van der Waals surface area contributed by atoms with E-state index < -0.39 is 5.97 Å². The lowest BCUT2D eigenvalue weighted by Gasteiger charge is -2.53. The number of hydrogen-bond acceptors (Lipinski definition) is 2. The maximum Gasteiger partial charge on any atom is 0.327 e. The first-order chi connectivity index (χ1) is 7.69. The number of nitrogens with zero attached hydrogens (tertiary/aromatic N) is 1. The van der Waals surface area contributed by atoms with Crippen molar-refractivity contribution in [3.8, 4) is 0 Å². The van der Waals surface area contributed by atoms with Crippen LogP contribution in [-0.4, -0.2) is 33.5 Å². The van der Waals surface area contributed by atoms with Crippen molar-refractivity contribution < 1.29 is 14.7 Å². The predicted molar refractivity (Wildman–Crippen MR) is 65.6 cm³/mol. The van der Waals surface area contributed by atoms with E-state index >= 15 is 0 Å². The number of likely N-dealkylation sites (tertiary alicyclic amines) is 1. The van der Waals surface area contributed by atoms with Crippen molar-refractivity contribution in [1.29, 1.82) is 0 Å². The first kappa shape index (κ1) is 13.7. The number of carboxylic acids is 1. The van der Waals surface area contributed by atoms with Gasteiger partial charge in [0.15, 0.2) is 0 Å². The normalized spacial score (nSPS) is 23.9. The highest BCUT2D eigenvalue weighted by Gasteiger charge is 2.43. The quantitative estimate of drug-likeness (QED) is 0.605. The Labute approximate surface area is 102 Å². The van der Waals surface area contributed by atoms with Gasteiger partial charge in [-0.3, -0.25) is 4.79 Å². The van der Waals surface area contributed by atoms with Gasteiger partial charge in [-0.1, -0.05) is 6.08 Å². The summed E-state index contributed by atoms with van der Waals surface area (Å²) in [4.78, 5) is 23.5. The maximum atomic E-state index is 11.2. The molecule has 1 heterocycles. The fourth-order valence-electron chi connectivity index (χ4n) is 3.01. The summed E-state index contributed by atoms with van der Waals surface area (Å²) in [6.45, 7) is 8.07. The van der Waals surface area contributed by atoms with Gasteiger partial charge >= 0.3 is 5.97 Å². The van der Waals surface area contributed by atoms with Crippen LogP contribution in [0.15, 0.2) is 12.2 Å². The molecule has 0 aromatic heterocycles. The number of allylic oxidation sites excluding steroid dienone is 1. The molecule has 96 valence electrons. The average molecular weight is 239 g/mol. The lowest BCUT2D eigenvalue weighted by molar-refractivity contribution is -0.136. The molecule has 17 heavy (non-hydrogen) atoms. The van der Waals surface area contributed by atoms with Gasteiger partial charge in [0.2, 0.25) is 6.41 Å². The maximum absolute atomic E-state index is 11.2. The molecule has 1 fully saturated rings. The summed E-state index contributed by atoms with van der Waals surface area (Å²) in [6.07, 6.45) is 5.43. The number of piperidine rings is 1. The van der Waals surface area contributed by atoms with Crippen molar-refractivity contribution in [2.45, 2.75) is 51.6 Å². The van der Waals surface area contributed by atoms with Gasteiger partial charge in [0.05, 0.1) is 0 Å². The Morgan fingerprint density at radius 2 is 1.71 bits per heavy atom. The van der Waals surface area contributed by atoms with Gasteiger partial charge in [-0.25, -0.2) is 4.79 Å². The van der Waals surface area contributed by atoms with E-state index in [1.54, 1.807) is 6.08 Å². The van der Waals surface area contributed by atoms with Crippen LogP contribution in [-0.2, 0) is 9.59 Å². The fourth-order valence-corrected chi connectivity index (χ4v) is 3.01. The first-order valence-corrected chi connectivity index (χ1v) is 5.85. The molecule has 0 radical (unpaired) electrons. The van der Waals surface area contributed by atoms with Gasteiger partial charge in [0, 0.05) is 17.2 Å². The van der Waals surface area contributed by atoms with Crippen molar-refractivity contribution in [2.24, 2.45) is 5.92 Å². The summed E-state index contributed by atoms with van der Waals surface area (Å²) in [5, 5.41) is 8.65. The Balaban J connectivity index is 2.91. The first-order valence-electron chi connectivity index (χ1n) is 5.85.